The number of para-hydroxylation sites is 1. The van der Waals surface area contributed by atoms with E-state index in [0.717, 1.165) is 23.4 Å². The second-order valence-electron chi connectivity index (χ2n) is 3.88. The molecule has 0 saturated heterocycles. The van der Waals surface area contributed by atoms with Gasteiger partial charge in [0.2, 0.25) is 5.91 Å². The summed E-state index contributed by atoms with van der Waals surface area (Å²) < 4.78 is 5.63. The predicted molar refractivity (Wildman–Crippen MR) is 62.7 cm³/mol. The van der Waals surface area contributed by atoms with Crippen LogP contribution in [-0.4, -0.2) is 26.1 Å². The van der Waals surface area contributed by atoms with Crippen LogP contribution in [0.2, 0.25) is 0 Å². The first-order chi connectivity index (χ1) is 7.74. The molecule has 16 heavy (non-hydrogen) atoms. The molecule has 0 radical (unpaired) electrons. The molecule has 4 nitrogen and oxygen atoms in total. The van der Waals surface area contributed by atoms with Crippen LogP contribution in [0.5, 0.6) is 5.75 Å². The van der Waals surface area contributed by atoms with E-state index in [1.807, 2.05) is 18.2 Å². The lowest BCUT2D eigenvalue weighted by Gasteiger charge is -2.15. The molecule has 0 unspecified atom stereocenters. The van der Waals surface area contributed by atoms with Crippen LogP contribution in [0, 0.1) is 0 Å². The van der Waals surface area contributed by atoms with E-state index in [-0.39, 0.29) is 5.91 Å². The quantitative estimate of drug-likeness (QED) is 0.768. The van der Waals surface area contributed by atoms with Crippen molar-refractivity contribution in [1.82, 2.24) is 0 Å². The van der Waals surface area contributed by atoms with E-state index in [2.05, 4.69) is 0 Å². The minimum absolute atomic E-state index is 0.116. The molecule has 0 bridgehead atoms. The van der Waals surface area contributed by atoms with E-state index in [1.54, 1.807) is 11.9 Å². The second kappa shape index (κ2) is 4.53. The summed E-state index contributed by atoms with van der Waals surface area (Å²) in [4.78, 5) is 13.2. The smallest absolute Gasteiger partial charge is 0.231 e. The number of hydrogen-bond acceptors (Lipinski definition) is 3. The van der Waals surface area contributed by atoms with Gasteiger partial charge in [-0.1, -0.05) is 12.1 Å². The Morgan fingerprint density at radius 2 is 2.31 bits per heavy atom. The van der Waals surface area contributed by atoms with E-state index in [0.29, 0.717) is 19.6 Å². The second-order valence-corrected chi connectivity index (χ2v) is 3.88. The highest BCUT2D eigenvalue weighted by molar-refractivity contribution is 6.02. The van der Waals surface area contributed by atoms with Crippen molar-refractivity contribution in [3.05, 3.63) is 23.8 Å². The maximum Gasteiger partial charge on any atom is 0.231 e. The van der Waals surface area contributed by atoms with Gasteiger partial charge in [-0.3, -0.25) is 4.79 Å². The summed E-state index contributed by atoms with van der Waals surface area (Å²) in [6.45, 7) is 1.21. The molecule has 1 heterocycles. The molecule has 0 saturated carbocycles. The summed E-state index contributed by atoms with van der Waals surface area (Å²) in [5, 5.41) is 0. The summed E-state index contributed by atoms with van der Waals surface area (Å²) in [5.41, 5.74) is 7.36. The number of hydrogen-bond donors (Lipinski definition) is 1. The van der Waals surface area contributed by atoms with Crippen LogP contribution in [0.1, 0.15) is 12.0 Å². The Balaban J connectivity index is 2.21. The van der Waals surface area contributed by atoms with Crippen molar-refractivity contribution in [3.8, 4) is 5.75 Å². The number of likely N-dealkylation sites (N-methyl/N-ethyl adjacent to an activating group) is 1. The van der Waals surface area contributed by atoms with Gasteiger partial charge in [0.05, 0.1) is 18.7 Å². The normalized spacial score (nSPS) is 14.1. The van der Waals surface area contributed by atoms with Gasteiger partial charge in [0.15, 0.2) is 0 Å². The predicted octanol–water partition coefficient (Wildman–Crippen LogP) is 0.933. The number of carbonyl (C=O) groups is 1. The average molecular weight is 220 g/mol. The van der Waals surface area contributed by atoms with Crippen LogP contribution >= 0.6 is 0 Å². The molecule has 1 aromatic rings. The van der Waals surface area contributed by atoms with Crippen LogP contribution in [0.25, 0.3) is 0 Å². The first-order valence-electron chi connectivity index (χ1n) is 5.45. The molecule has 0 aromatic heterocycles. The van der Waals surface area contributed by atoms with Gasteiger partial charge in [0.25, 0.3) is 0 Å². The Bertz CT molecular complexity index is 404. The van der Waals surface area contributed by atoms with E-state index in [1.165, 1.54) is 0 Å². The first-order valence-corrected chi connectivity index (χ1v) is 5.45. The van der Waals surface area contributed by atoms with Crippen molar-refractivity contribution >= 4 is 11.6 Å². The number of carbonyl (C=O) groups excluding carboxylic acids is 1. The van der Waals surface area contributed by atoms with E-state index < -0.39 is 0 Å². The van der Waals surface area contributed by atoms with Gasteiger partial charge in [-0.15, -0.1) is 0 Å². The molecule has 0 aliphatic carbocycles. The molecular weight excluding hydrogens is 204 g/mol. The highest BCUT2D eigenvalue weighted by Crippen LogP contribution is 2.36. The largest absolute Gasteiger partial charge is 0.491 e. The van der Waals surface area contributed by atoms with Crippen LogP contribution in [0.15, 0.2) is 18.2 Å². The molecule has 1 amide bonds. The standard InChI is InChI=1S/C12H16N2O2/c1-14-11(15)8-9-4-2-5-10(12(9)14)16-7-3-6-13/h2,4-5H,3,6-8,13H2,1H3. The maximum atomic E-state index is 11.6. The number of ether oxygens (including phenoxy) is 1. The Morgan fingerprint density at radius 1 is 1.50 bits per heavy atom. The van der Waals surface area contributed by atoms with Gasteiger partial charge in [-0.25, -0.2) is 0 Å². The van der Waals surface area contributed by atoms with Gasteiger partial charge in [-0.05, 0) is 24.6 Å². The van der Waals surface area contributed by atoms with Gasteiger partial charge in [-0.2, -0.15) is 0 Å². The highest BCUT2D eigenvalue weighted by atomic mass is 16.5. The molecular formula is C12H16N2O2. The van der Waals surface area contributed by atoms with Gasteiger partial charge < -0.3 is 15.4 Å². The maximum absolute atomic E-state index is 11.6. The summed E-state index contributed by atoms with van der Waals surface area (Å²) >= 11 is 0. The van der Waals surface area contributed by atoms with Gasteiger partial charge in [0.1, 0.15) is 5.75 Å². The summed E-state index contributed by atoms with van der Waals surface area (Å²) in [5.74, 6) is 0.893. The Morgan fingerprint density at radius 3 is 3.06 bits per heavy atom. The fourth-order valence-corrected chi connectivity index (χ4v) is 1.88. The average Bonchev–Trinajstić information content (AvgIpc) is 2.56. The topological polar surface area (TPSA) is 55.6 Å². The Labute approximate surface area is 95.0 Å². The van der Waals surface area contributed by atoms with Crippen molar-refractivity contribution < 1.29 is 9.53 Å². The minimum Gasteiger partial charge on any atom is -0.491 e. The summed E-state index contributed by atoms with van der Waals surface area (Å²) in [6, 6.07) is 5.78. The van der Waals surface area contributed by atoms with E-state index in [4.69, 9.17) is 10.5 Å². The van der Waals surface area contributed by atoms with E-state index >= 15 is 0 Å². The number of rotatable bonds is 4. The lowest BCUT2D eigenvalue weighted by Crippen LogP contribution is -2.21. The number of nitrogens with zero attached hydrogens (tertiary/aromatic N) is 1. The lowest BCUT2D eigenvalue weighted by molar-refractivity contribution is -0.117. The number of anilines is 1. The van der Waals surface area contributed by atoms with Crippen molar-refractivity contribution in [2.45, 2.75) is 12.8 Å². The minimum atomic E-state index is 0.116. The molecule has 2 rings (SSSR count). The molecule has 2 N–H and O–H groups in total. The third kappa shape index (κ3) is 1.88. The van der Waals surface area contributed by atoms with Crippen molar-refractivity contribution in [2.75, 3.05) is 25.1 Å². The summed E-state index contributed by atoms with van der Waals surface area (Å²) in [6.07, 6.45) is 1.29. The fraction of sp³-hybridized carbons (Fsp3) is 0.417. The van der Waals surface area contributed by atoms with Gasteiger partial charge >= 0.3 is 0 Å². The highest BCUT2D eigenvalue weighted by Gasteiger charge is 2.27. The lowest BCUT2D eigenvalue weighted by atomic mass is 10.1. The monoisotopic (exact) mass is 220 g/mol. The number of benzene rings is 1. The van der Waals surface area contributed by atoms with Crippen LogP contribution in [0.3, 0.4) is 0 Å². The molecule has 4 heteroatoms. The van der Waals surface area contributed by atoms with Crippen LogP contribution < -0.4 is 15.4 Å². The van der Waals surface area contributed by atoms with Crippen molar-refractivity contribution in [1.29, 1.82) is 0 Å². The van der Waals surface area contributed by atoms with Gasteiger partial charge in [0, 0.05) is 7.05 Å². The van der Waals surface area contributed by atoms with Crippen LogP contribution in [0.4, 0.5) is 5.69 Å². The van der Waals surface area contributed by atoms with E-state index in [9.17, 15) is 4.79 Å². The Hall–Kier alpha value is -1.55. The zero-order chi connectivity index (χ0) is 11.5. The molecule has 86 valence electrons. The molecule has 0 fully saturated rings. The fourth-order valence-electron chi connectivity index (χ4n) is 1.88. The SMILES string of the molecule is CN1C(=O)Cc2cccc(OCCCN)c21. The molecule has 1 aliphatic rings. The number of fused-ring (bicyclic) bond motifs is 1. The van der Waals surface area contributed by atoms with Crippen LogP contribution in [-0.2, 0) is 11.2 Å². The third-order valence-electron chi connectivity index (χ3n) is 2.74. The third-order valence-corrected chi connectivity index (χ3v) is 2.74. The number of nitrogens with two attached hydrogens (primary N) is 1. The number of amides is 1. The molecule has 0 spiro atoms. The molecule has 1 aliphatic heterocycles. The van der Waals surface area contributed by atoms with Crippen molar-refractivity contribution in [3.63, 3.8) is 0 Å². The zero-order valence-corrected chi connectivity index (χ0v) is 9.40. The zero-order valence-electron chi connectivity index (χ0n) is 9.40. The summed E-state index contributed by atoms with van der Waals surface area (Å²) in [7, 11) is 1.78. The molecule has 1 aromatic carbocycles. The Kier molecular flexibility index (Phi) is 3.10. The first kappa shape index (κ1) is 11.0. The molecule has 0 atom stereocenters. The van der Waals surface area contributed by atoms with Crippen molar-refractivity contribution in [2.24, 2.45) is 5.73 Å².